The molecule has 236 valence electrons. The Labute approximate surface area is 262 Å². The highest BCUT2D eigenvalue weighted by Crippen LogP contribution is 2.45. The zero-order valence-corrected chi connectivity index (χ0v) is 26.4. The molecule has 0 N–H and O–H groups in total. The van der Waals surface area contributed by atoms with Gasteiger partial charge in [-0.3, -0.25) is 0 Å². The highest BCUT2D eigenvalue weighted by Gasteiger charge is 2.32. The van der Waals surface area contributed by atoms with Crippen LogP contribution in [0.1, 0.15) is 108 Å². The summed E-state index contributed by atoms with van der Waals surface area (Å²) in [7, 11) is 0. The van der Waals surface area contributed by atoms with Gasteiger partial charge >= 0.3 is 0 Å². The minimum atomic E-state index is -0.984. The molecule has 2 aliphatic carbocycles. The van der Waals surface area contributed by atoms with Crippen molar-refractivity contribution < 1.29 is 17.9 Å². The summed E-state index contributed by atoms with van der Waals surface area (Å²) in [5.41, 5.74) is 3.20. The predicted molar refractivity (Wildman–Crippen MR) is 176 cm³/mol. The van der Waals surface area contributed by atoms with Crippen LogP contribution in [0, 0.1) is 35.2 Å². The van der Waals surface area contributed by atoms with Crippen molar-refractivity contribution in [3.8, 4) is 28.0 Å². The summed E-state index contributed by atoms with van der Waals surface area (Å²) in [6.07, 6.45) is 18.9. The molecule has 44 heavy (non-hydrogen) atoms. The number of benzene rings is 3. The first kappa shape index (κ1) is 32.4. The minimum Gasteiger partial charge on any atom is -0.490 e. The highest BCUT2D eigenvalue weighted by molar-refractivity contribution is 5.71. The van der Waals surface area contributed by atoms with E-state index in [0.717, 1.165) is 53.7 Å². The van der Waals surface area contributed by atoms with Gasteiger partial charge in [0, 0.05) is 5.56 Å². The number of hydrogen-bond donors (Lipinski definition) is 0. The van der Waals surface area contributed by atoms with Crippen LogP contribution in [-0.2, 0) is 0 Å². The second-order valence-electron chi connectivity index (χ2n) is 13.2. The van der Waals surface area contributed by atoms with E-state index in [1.165, 1.54) is 70.3 Å². The van der Waals surface area contributed by atoms with Gasteiger partial charge in [0.1, 0.15) is 5.82 Å². The molecule has 2 aliphatic rings. The zero-order chi connectivity index (χ0) is 30.9. The quantitative estimate of drug-likeness (QED) is 0.140. The second-order valence-corrected chi connectivity index (χ2v) is 13.2. The second kappa shape index (κ2) is 15.8. The van der Waals surface area contributed by atoms with E-state index in [2.05, 4.69) is 13.5 Å². The van der Waals surface area contributed by atoms with Gasteiger partial charge in [0.2, 0.25) is 5.82 Å². The van der Waals surface area contributed by atoms with Crippen molar-refractivity contribution in [2.75, 3.05) is 6.61 Å². The SMILES string of the molecule is C=CCCCOc1ccc(-c2ccc(-c3ccc(C4CCC(C5CCC(CCCCC)CC5)CC4)c(F)c3)cc2)c(F)c1F. The summed E-state index contributed by atoms with van der Waals surface area (Å²) in [5.74, 6) is 0.785. The number of unbranched alkanes of at least 4 members (excludes halogenated alkanes) is 3. The molecular formula is C40H49F3O. The van der Waals surface area contributed by atoms with Crippen molar-refractivity contribution >= 4 is 0 Å². The van der Waals surface area contributed by atoms with E-state index >= 15 is 4.39 Å². The third-order valence-electron chi connectivity index (χ3n) is 10.4. The molecule has 0 spiro atoms. The summed E-state index contributed by atoms with van der Waals surface area (Å²) in [6, 6.07) is 15.8. The molecule has 2 fully saturated rings. The van der Waals surface area contributed by atoms with E-state index in [1.54, 1.807) is 30.3 Å². The molecule has 3 aromatic carbocycles. The standard InChI is InChI=1S/C40H49F3O/c1-3-5-7-9-28-10-12-29(13-11-28)30-14-18-32(19-15-30)35-23-22-34(27-37(35)41)31-16-20-33(21-17-31)36-24-25-38(40(43)39(36)42)44-26-8-6-4-2/h4,16-17,20-25,27-30,32H,2-3,5-15,18-19,26H2,1H3. The number of allylic oxidation sites excluding steroid dienone is 1. The Kier molecular flexibility index (Phi) is 11.6. The van der Waals surface area contributed by atoms with E-state index in [4.69, 9.17) is 4.74 Å². The van der Waals surface area contributed by atoms with Gasteiger partial charge in [-0.15, -0.1) is 6.58 Å². The largest absolute Gasteiger partial charge is 0.490 e. The van der Waals surface area contributed by atoms with Crippen molar-refractivity contribution in [3.63, 3.8) is 0 Å². The van der Waals surface area contributed by atoms with E-state index in [-0.39, 0.29) is 17.1 Å². The molecule has 0 heterocycles. The monoisotopic (exact) mass is 602 g/mol. The Morgan fingerprint density at radius 2 is 1.39 bits per heavy atom. The van der Waals surface area contributed by atoms with Crippen molar-refractivity contribution in [3.05, 3.63) is 90.3 Å². The molecule has 0 unspecified atom stereocenters. The number of ether oxygens (including phenoxy) is 1. The molecule has 0 atom stereocenters. The lowest BCUT2D eigenvalue weighted by Crippen LogP contribution is -2.25. The van der Waals surface area contributed by atoms with E-state index in [0.29, 0.717) is 24.5 Å². The lowest BCUT2D eigenvalue weighted by Gasteiger charge is -2.38. The van der Waals surface area contributed by atoms with Crippen LogP contribution in [0.3, 0.4) is 0 Å². The predicted octanol–water partition coefficient (Wildman–Crippen LogP) is 12.4. The van der Waals surface area contributed by atoms with E-state index in [9.17, 15) is 8.78 Å². The average molecular weight is 603 g/mol. The lowest BCUT2D eigenvalue weighted by atomic mass is 9.68. The molecule has 5 rings (SSSR count). The van der Waals surface area contributed by atoms with Crippen LogP contribution < -0.4 is 4.74 Å². The fourth-order valence-electron chi connectivity index (χ4n) is 7.69. The summed E-state index contributed by atoms with van der Waals surface area (Å²) >= 11 is 0. The Hall–Kier alpha value is -3.01. The van der Waals surface area contributed by atoms with Crippen LogP contribution in [0.2, 0.25) is 0 Å². The van der Waals surface area contributed by atoms with Gasteiger partial charge in [-0.1, -0.05) is 87.9 Å². The van der Waals surface area contributed by atoms with Gasteiger partial charge in [0.15, 0.2) is 11.6 Å². The van der Waals surface area contributed by atoms with Gasteiger partial charge in [0.05, 0.1) is 6.61 Å². The van der Waals surface area contributed by atoms with Gasteiger partial charge in [-0.05, 0) is 115 Å². The number of hydrogen-bond acceptors (Lipinski definition) is 1. The summed E-state index contributed by atoms with van der Waals surface area (Å²) in [4.78, 5) is 0. The Bertz CT molecular complexity index is 1350. The molecule has 4 heteroatoms. The highest BCUT2D eigenvalue weighted by atomic mass is 19.2. The van der Waals surface area contributed by atoms with Gasteiger partial charge in [0.25, 0.3) is 0 Å². The molecule has 3 aromatic rings. The van der Waals surface area contributed by atoms with Crippen LogP contribution in [0.4, 0.5) is 13.2 Å². The molecule has 0 bridgehead atoms. The summed E-state index contributed by atoms with van der Waals surface area (Å²) < 4.78 is 50.4. The Balaban J connectivity index is 1.16. The smallest absolute Gasteiger partial charge is 0.201 e. The molecule has 0 saturated heterocycles. The average Bonchev–Trinajstić information content (AvgIpc) is 3.06. The molecule has 0 aromatic heterocycles. The molecule has 0 radical (unpaired) electrons. The summed E-state index contributed by atoms with van der Waals surface area (Å²) in [5, 5.41) is 0. The first-order valence-electron chi connectivity index (χ1n) is 17.1. The third-order valence-corrected chi connectivity index (χ3v) is 10.4. The van der Waals surface area contributed by atoms with Crippen LogP contribution in [0.25, 0.3) is 22.3 Å². The minimum absolute atomic E-state index is 0.0868. The van der Waals surface area contributed by atoms with Crippen LogP contribution in [0.5, 0.6) is 5.75 Å². The fraction of sp³-hybridized carbons (Fsp3) is 0.500. The lowest BCUT2D eigenvalue weighted by molar-refractivity contribution is 0.155. The number of halogens is 3. The van der Waals surface area contributed by atoms with Crippen molar-refractivity contribution in [1.29, 1.82) is 0 Å². The Morgan fingerprint density at radius 3 is 2.05 bits per heavy atom. The van der Waals surface area contributed by atoms with Gasteiger partial charge in [-0.25, -0.2) is 8.78 Å². The Morgan fingerprint density at radius 1 is 0.727 bits per heavy atom. The maximum Gasteiger partial charge on any atom is 0.201 e. The van der Waals surface area contributed by atoms with Crippen LogP contribution in [0.15, 0.2) is 67.3 Å². The van der Waals surface area contributed by atoms with Crippen LogP contribution in [-0.4, -0.2) is 6.61 Å². The zero-order valence-electron chi connectivity index (χ0n) is 26.4. The molecule has 1 nitrogen and oxygen atoms in total. The summed E-state index contributed by atoms with van der Waals surface area (Å²) in [6.45, 7) is 6.23. The molecule has 0 amide bonds. The molecular weight excluding hydrogens is 553 g/mol. The van der Waals surface area contributed by atoms with Crippen LogP contribution >= 0.6 is 0 Å². The molecule has 0 aliphatic heterocycles. The van der Waals surface area contributed by atoms with Crippen molar-refractivity contribution in [1.82, 2.24) is 0 Å². The van der Waals surface area contributed by atoms with E-state index in [1.807, 2.05) is 24.3 Å². The first-order valence-corrected chi connectivity index (χ1v) is 17.1. The normalized spacial score (nSPS) is 22.1. The topological polar surface area (TPSA) is 9.23 Å². The first-order chi connectivity index (χ1) is 21.5. The number of rotatable bonds is 13. The van der Waals surface area contributed by atoms with Gasteiger partial charge in [-0.2, -0.15) is 4.39 Å². The maximum absolute atomic E-state index is 15.4. The van der Waals surface area contributed by atoms with Gasteiger partial charge < -0.3 is 4.74 Å². The third kappa shape index (κ3) is 7.98. The maximum atomic E-state index is 15.4. The van der Waals surface area contributed by atoms with Crippen molar-refractivity contribution in [2.45, 2.75) is 103 Å². The fourth-order valence-corrected chi connectivity index (χ4v) is 7.69. The van der Waals surface area contributed by atoms with Crippen molar-refractivity contribution in [2.24, 2.45) is 17.8 Å². The molecule has 2 saturated carbocycles. The van der Waals surface area contributed by atoms with E-state index < -0.39 is 11.6 Å².